The highest BCUT2D eigenvalue weighted by Gasteiger charge is 2.39. The molecule has 200 valence electrons. The van der Waals surface area contributed by atoms with Gasteiger partial charge in [0.05, 0.1) is 13.7 Å². The second-order valence-electron chi connectivity index (χ2n) is 9.96. The predicted molar refractivity (Wildman–Crippen MR) is 139 cm³/mol. The molecule has 3 saturated heterocycles. The Morgan fingerprint density at radius 2 is 1.84 bits per heavy atom. The second-order valence-corrected chi connectivity index (χ2v) is 13.4. The van der Waals surface area contributed by atoms with E-state index in [1.165, 1.54) is 12.0 Å². The second kappa shape index (κ2) is 10.4. The molecule has 4 heterocycles. The summed E-state index contributed by atoms with van der Waals surface area (Å²) in [6.07, 6.45) is 1.57. The van der Waals surface area contributed by atoms with E-state index >= 15 is 0 Å². The maximum Gasteiger partial charge on any atom is 0.409 e. The zero-order valence-electron chi connectivity index (χ0n) is 20.4. The molecule has 2 unspecified atom stereocenters. The van der Waals surface area contributed by atoms with Crippen molar-refractivity contribution in [1.82, 2.24) is 19.4 Å². The molecular formula is C24H29ClN4O6S2. The largest absolute Gasteiger partial charge is 0.453 e. The summed E-state index contributed by atoms with van der Waals surface area (Å²) in [6, 6.07) is 5.80. The van der Waals surface area contributed by atoms with Gasteiger partial charge >= 0.3 is 6.09 Å². The van der Waals surface area contributed by atoms with Crippen LogP contribution in [0.3, 0.4) is 0 Å². The number of halogens is 1. The molecule has 1 N–H and O–H groups in total. The third kappa shape index (κ3) is 5.57. The third-order valence-electron chi connectivity index (χ3n) is 7.24. The van der Waals surface area contributed by atoms with Gasteiger partial charge in [-0.15, -0.1) is 11.3 Å². The SMILES string of the molecule is COC(=O)N1CC2CC(CN(C(=O)CN3CCC[C@H](NS(=O)(=O)c4cc5cc(Cl)ccc5s4)C3=O)C2)C1. The van der Waals surface area contributed by atoms with E-state index in [4.69, 9.17) is 16.3 Å². The Morgan fingerprint density at radius 3 is 2.54 bits per heavy atom. The van der Waals surface area contributed by atoms with Crippen molar-refractivity contribution < 1.29 is 27.5 Å². The van der Waals surface area contributed by atoms with E-state index in [-0.39, 0.29) is 40.5 Å². The number of sulfonamides is 1. The van der Waals surface area contributed by atoms with E-state index < -0.39 is 16.1 Å². The van der Waals surface area contributed by atoms with Crippen molar-refractivity contribution in [3.05, 3.63) is 29.3 Å². The lowest BCUT2D eigenvalue weighted by Gasteiger charge is -2.45. The highest BCUT2D eigenvalue weighted by atomic mass is 35.5. The van der Waals surface area contributed by atoms with E-state index in [2.05, 4.69) is 4.72 Å². The standard InChI is InChI=1S/C24H29ClN4O6S2/c1-35-24(32)29-12-15-7-16(13-29)11-28(10-15)21(30)14-27-6-2-3-19(23(27)31)26-37(33,34)22-9-17-8-18(25)4-5-20(17)36-22/h4-5,8-9,15-16,19,26H,2-3,6-7,10-14H2,1H3/t15?,16?,19-/m0/s1. The molecule has 0 aliphatic carbocycles. The first kappa shape index (κ1) is 26.2. The molecule has 0 spiro atoms. The van der Waals surface area contributed by atoms with Crippen LogP contribution in [0.5, 0.6) is 0 Å². The summed E-state index contributed by atoms with van der Waals surface area (Å²) in [5.74, 6) is -0.201. The van der Waals surface area contributed by atoms with E-state index in [1.54, 1.807) is 34.1 Å². The molecular weight excluding hydrogens is 540 g/mol. The Balaban J connectivity index is 1.21. The minimum atomic E-state index is -3.92. The molecule has 3 aliphatic heterocycles. The van der Waals surface area contributed by atoms with Crippen LogP contribution < -0.4 is 4.72 Å². The Kier molecular flexibility index (Phi) is 7.36. The van der Waals surface area contributed by atoms with Gasteiger partial charge in [0.25, 0.3) is 10.0 Å². The number of fused-ring (bicyclic) bond motifs is 3. The number of thiophene rings is 1. The van der Waals surface area contributed by atoms with Gasteiger partial charge in [0.1, 0.15) is 10.3 Å². The third-order valence-corrected chi connectivity index (χ3v) is 10.5. The van der Waals surface area contributed by atoms with E-state index in [9.17, 15) is 22.8 Å². The number of amides is 3. The minimum Gasteiger partial charge on any atom is -0.453 e. The lowest BCUT2D eigenvalue weighted by molar-refractivity contribution is -0.145. The van der Waals surface area contributed by atoms with Crippen LogP contribution >= 0.6 is 22.9 Å². The number of piperidine rings is 3. The van der Waals surface area contributed by atoms with Gasteiger partial charge in [-0.1, -0.05) is 11.6 Å². The number of hydrogen-bond donors (Lipinski definition) is 1. The fourth-order valence-corrected chi connectivity index (χ4v) is 8.40. The van der Waals surface area contributed by atoms with Gasteiger partial charge < -0.3 is 19.4 Å². The van der Waals surface area contributed by atoms with Crippen LogP contribution in [0.1, 0.15) is 19.3 Å². The molecule has 3 atom stereocenters. The highest BCUT2D eigenvalue weighted by molar-refractivity contribution is 7.91. The van der Waals surface area contributed by atoms with Crippen molar-refractivity contribution in [1.29, 1.82) is 0 Å². The molecule has 0 saturated carbocycles. The van der Waals surface area contributed by atoms with Crippen molar-refractivity contribution in [3.63, 3.8) is 0 Å². The Morgan fingerprint density at radius 1 is 1.14 bits per heavy atom. The molecule has 37 heavy (non-hydrogen) atoms. The topological polar surface area (TPSA) is 116 Å². The molecule has 3 fully saturated rings. The minimum absolute atomic E-state index is 0.0847. The fourth-order valence-electron chi connectivity index (χ4n) is 5.60. The van der Waals surface area contributed by atoms with Gasteiger partial charge in [-0.2, -0.15) is 4.72 Å². The number of methoxy groups -OCH3 is 1. The number of hydrogen-bond acceptors (Lipinski definition) is 7. The Labute approximate surface area is 224 Å². The lowest BCUT2D eigenvalue weighted by Crippen LogP contribution is -2.58. The van der Waals surface area contributed by atoms with Crippen molar-refractivity contribution in [2.24, 2.45) is 11.8 Å². The van der Waals surface area contributed by atoms with Gasteiger partial charge in [0.15, 0.2) is 0 Å². The van der Waals surface area contributed by atoms with Crippen molar-refractivity contribution in [2.75, 3.05) is 46.4 Å². The average Bonchev–Trinajstić information content (AvgIpc) is 3.29. The number of likely N-dealkylation sites (tertiary alicyclic amines) is 3. The van der Waals surface area contributed by atoms with Gasteiger partial charge in [0, 0.05) is 42.4 Å². The first-order valence-corrected chi connectivity index (χ1v) is 14.9. The highest BCUT2D eigenvalue weighted by Crippen LogP contribution is 2.32. The maximum absolute atomic E-state index is 13.2. The van der Waals surface area contributed by atoms with Crippen LogP contribution in [-0.4, -0.2) is 93.4 Å². The van der Waals surface area contributed by atoms with Crippen molar-refractivity contribution in [3.8, 4) is 0 Å². The predicted octanol–water partition coefficient (Wildman–Crippen LogP) is 2.37. The number of carbonyl (C=O) groups is 3. The number of ether oxygens (including phenoxy) is 1. The van der Waals surface area contributed by atoms with E-state index in [1.807, 2.05) is 0 Å². The lowest BCUT2D eigenvalue weighted by atomic mass is 9.85. The molecule has 2 aromatic rings. The van der Waals surface area contributed by atoms with Crippen molar-refractivity contribution >= 4 is 61.0 Å². The summed E-state index contributed by atoms with van der Waals surface area (Å²) in [4.78, 5) is 43.1. The van der Waals surface area contributed by atoms with E-state index in [0.29, 0.717) is 50.6 Å². The molecule has 5 rings (SSSR count). The quantitative estimate of drug-likeness (QED) is 0.592. The molecule has 0 radical (unpaired) electrons. The first-order chi connectivity index (χ1) is 17.6. The van der Waals surface area contributed by atoms with Gasteiger partial charge in [0.2, 0.25) is 11.8 Å². The van der Waals surface area contributed by atoms with Crippen LogP contribution in [0.2, 0.25) is 5.02 Å². The average molecular weight is 569 g/mol. The molecule has 1 aromatic heterocycles. The van der Waals surface area contributed by atoms with Crippen LogP contribution in [0.25, 0.3) is 10.1 Å². The van der Waals surface area contributed by atoms with Crippen LogP contribution in [0.4, 0.5) is 4.79 Å². The Bertz CT molecular complexity index is 1320. The number of rotatable bonds is 5. The van der Waals surface area contributed by atoms with Gasteiger partial charge in [-0.05, 0) is 60.7 Å². The van der Waals surface area contributed by atoms with Gasteiger partial charge in [-0.25, -0.2) is 13.2 Å². The maximum atomic E-state index is 13.2. The zero-order valence-corrected chi connectivity index (χ0v) is 22.8. The monoisotopic (exact) mass is 568 g/mol. The smallest absolute Gasteiger partial charge is 0.409 e. The van der Waals surface area contributed by atoms with Crippen molar-refractivity contribution in [2.45, 2.75) is 29.5 Å². The number of carbonyl (C=O) groups excluding carboxylic acids is 3. The molecule has 3 amide bonds. The fraction of sp³-hybridized carbons (Fsp3) is 0.542. The summed E-state index contributed by atoms with van der Waals surface area (Å²) >= 11 is 7.14. The summed E-state index contributed by atoms with van der Waals surface area (Å²) in [5, 5.41) is 1.24. The normalized spacial score (nSPS) is 24.4. The van der Waals surface area contributed by atoms with Crippen LogP contribution in [0.15, 0.2) is 28.5 Å². The van der Waals surface area contributed by atoms with Gasteiger partial charge in [-0.3, -0.25) is 9.59 Å². The zero-order chi connectivity index (χ0) is 26.3. The molecule has 10 nitrogen and oxygen atoms in total. The number of nitrogens with one attached hydrogen (secondary N) is 1. The van der Waals surface area contributed by atoms with Crippen LogP contribution in [0, 0.1) is 11.8 Å². The summed E-state index contributed by atoms with van der Waals surface area (Å²) in [6.45, 7) is 2.46. The first-order valence-electron chi connectivity index (χ1n) is 12.2. The number of nitrogens with zero attached hydrogens (tertiary/aromatic N) is 3. The molecule has 1 aromatic carbocycles. The summed E-state index contributed by atoms with van der Waals surface area (Å²) in [5.41, 5.74) is 0. The Hall–Kier alpha value is -2.41. The van der Waals surface area contributed by atoms with Crippen LogP contribution in [-0.2, 0) is 24.3 Å². The summed E-state index contributed by atoms with van der Waals surface area (Å²) in [7, 11) is -2.56. The molecule has 2 bridgehead atoms. The molecule has 3 aliphatic rings. The summed E-state index contributed by atoms with van der Waals surface area (Å²) < 4.78 is 34.4. The van der Waals surface area contributed by atoms with E-state index in [0.717, 1.165) is 27.8 Å². The number of benzene rings is 1. The molecule has 13 heteroatoms.